The summed E-state index contributed by atoms with van der Waals surface area (Å²) in [5.74, 6) is -0.677. The summed E-state index contributed by atoms with van der Waals surface area (Å²) in [5, 5.41) is 13.1. The van der Waals surface area contributed by atoms with Crippen LogP contribution in [0.15, 0.2) is 24.3 Å². The van der Waals surface area contributed by atoms with Crippen molar-refractivity contribution in [3.05, 3.63) is 29.8 Å². The largest absolute Gasteiger partial charge is 0.444 e. The van der Waals surface area contributed by atoms with E-state index in [-0.39, 0.29) is 18.1 Å². The molecule has 0 spiro atoms. The SMILES string of the molecule is CC(C)(C)OC(=O)Nc1cccc([C@H]2CC(O)[C@@H]3OC(C)(C)O[C@H]23)c1. The monoisotopic (exact) mass is 349 g/mol. The Bertz CT molecular complexity index is 651. The van der Waals surface area contributed by atoms with E-state index in [1.165, 1.54) is 0 Å². The van der Waals surface area contributed by atoms with Crippen molar-refractivity contribution in [3.8, 4) is 0 Å². The highest BCUT2D eigenvalue weighted by atomic mass is 16.8. The van der Waals surface area contributed by atoms with Gasteiger partial charge in [-0.3, -0.25) is 5.32 Å². The summed E-state index contributed by atoms with van der Waals surface area (Å²) < 4.78 is 17.1. The van der Waals surface area contributed by atoms with Gasteiger partial charge in [0.1, 0.15) is 11.7 Å². The molecule has 1 amide bonds. The van der Waals surface area contributed by atoms with E-state index < -0.39 is 23.6 Å². The third kappa shape index (κ3) is 4.14. The number of benzene rings is 1. The lowest BCUT2D eigenvalue weighted by molar-refractivity contribution is -0.163. The summed E-state index contributed by atoms with van der Waals surface area (Å²) in [6.45, 7) is 9.18. The van der Waals surface area contributed by atoms with Crippen molar-refractivity contribution < 1.29 is 24.1 Å². The Morgan fingerprint density at radius 2 is 1.96 bits per heavy atom. The average Bonchev–Trinajstić information content (AvgIpc) is 2.91. The third-order valence-corrected chi connectivity index (χ3v) is 4.39. The van der Waals surface area contributed by atoms with Gasteiger partial charge in [0.15, 0.2) is 5.79 Å². The van der Waals surface area contributed by atoms with Crippen LogP contribution in [0.5, 0.6) is 0 Å². The van der Waals surface area contributed by atoms with E-state index in [0.717, 1.165) is 5.56 Å². The van der Waals surface area contributed by atoms with Gasteiger partial charge in [-0.15, -0.1) is 0 Å². The summed E-state index contributed by atoms with van der Waals surface area (Å²) in [7, 11) is 0. The molecule has 6 nitrogen and oxygen atoms in total. The number of aliphatic hydroxyl groups excluding tert-OH is 1. The first-order valence-electron chi connectivity index (χ1n) is 8.68. The molecular weight excluding hydrogens is 322 g/mol. The zero-order valence-electron chi connectivity index (χ0n) is 15.4. The van der Waals surface area contributed by atoms with Crippen LogP contribution in [0.25, 0.3) is 0 Å². The Hall–Kier alpha value is -1.63. The lowest BCUT2D eigenvalue weighted by Crippen LogP contribution is -2.28. The molecular formula is C19H27NO5. The summed E-state index contributed by atoms with van der Waals surface area (Å²) >= 11 is 0. The number of ether oxygens (including phenoxy) is 3. The molecule has 6 heteroatoms. The molecule has 1 aliphatic carbocycles. The fraction of sp³-hybridized carbons (Fsp3) is 0.632. The molecule has 0 bridgehead atoms. The number of carbonyl (C=O) groups excluding carboxylic acids is 1. The van der Waals surface area contributed by atoms with E-state index in [9.17, 15) is 9.90 Å². The molecule has 138 valence electrons. The summed E-state index contributed by atoms with van der Waals surface area (Å²) in [5.41, 5.74) is 1.11. The van der Waals surface area contributed by atoms with E-state index in [1.807, 2.05) is 58.9 Å². The van der Waals surface area contributed by atoms with Gasteiger partial charge < -0.3 is 19.3 Å². The second-order valence-corrected chi connectivity index (χ2v) is 8.23. The number of hydrogen-bond donors (Lipinski definition) is 2. The first kappa shape index (κ1) is 18.2. The Balaban J connectivity index is 1.75. The molecule has 3 rings (SSSR count). The second kappa shape index (κ2) is 6.27. The van der Waals surface area contributed by atoms with E-state index in [2.05, 4.69) is 5.32 Å². The highest BCUT2D eigenvalue weighted by molar-refractivity contribution is 5.85. The van der Waals surface area contributed by atoms with Crippen molar-refractivity contribution in [2.45, 2.75) is 76.7 Å². The maximum atomic E-state index is 12.0. The van der Waals surface area contributed by atoms with Gasteiger partial charge in [0.25, 0.3) is 0 Å². The van der Waals surface area contributed by atoms with Crippen LogP contribution in [0, 0.1) is 0 Å². The minimum absolute atomic E-state index is 0.0159. The number of carbonyl (C=O) groups is 1. The first-order valence-corrected chi connectivity index (χ1v) is 8.68. The van der Waals surface area contributed by atoms with Gasteiger partial charge in [0.05, 0.1) is 12.2 Å². The van der Waals surface area contributed by atoms with Gasteiger partial charge >= 0.3 is 6.09 Å². The van der Waals surface area contributed by atoms with Gasteiger partial charge in [-0.2, -0.15) is 0 Å². The first-order chi connectivity index (χ1) is 11.5. The number of aliphatic hydroxyl groups is 1. The number of fused-ring (bicyclic) bond motifs is 1. The molecule has 2 aliphatic rings. The second-order valence-electron chi connectivity index (χ2n) is 8.23. The van der Waals surface area contributed by atoms with Gasteiger partial charge in [-0.1, -0.05) is 12.1 Å². The maximum absolute atomic E-state index is 12.0. The van der Waals surface area contributed by atoms with Crippen LogP contribution in [-0.4, -0.2) is 40.9 Å². The van der Waals surface area contributed by atoms with Gasteiger partial charge in [0, 0.05) is 11.6 Å². The molecule has 1 saturated carbocycles. The zero-order chi connectivity index (χ0) is 18.4. The number of rotatable bonds is 2. The van der Waals surface area contributed by atoms with E-state index in [4.69, 9.17) is 14.2 Å². The van der Waals surface area contributed by atoms with Crippen molar-refractivity contribution in [2.75, 3.05) is 5.32 Å². The molecule has 4 atom stereocenters. The van der Waals surface area contributed by atoms with Crippen LogP contribution in [-0.2, 0) is 14.2 Å². The molecule has 1 aromatic rings. The smallest absolute Gasteiger partial charge is 0.412 e. The molecule has 25 heavy (non-hydrogen) atoms. The molecule has 1 unspecified atom stereocenters. The minimum Gasteiger partial charge on any atom is -0.444 e. The number of hydrogen-bond acceptors (Lipinski definition) is 5. The fourth-order valence-corrected chi connectivity index (χ4v) is 3.55. The van der Waals surface area contributed by atoms with Crippen LogP contribution < -0.4 is 5.32 Å². The lowest BCUT2D eigenvalue weighted by Gasteiger charge is -2.23. The summed E-state index contributed by atoms with van der Waals surface area (Å²) in [6, 6.07) is 7.57. The minimum atomic E-state index is -0.693. The molecule has 0 aromatic heterocycles. The molecule has 1 aliphatic heterocycles. The lowest BCUT2D eigenvalue weighted by atomic mass is 9.95. The van der Waals surface area contributed by atoms with Crippen molar-refractivity contribution in [1.29, 1.82) is 0 Å². The van der Waals surface area contributed by atoms with Crippen molar-refractivity contribution in [2.24, 2.45) is 0 Å². The standard InChI is InChI=1S/C19H27NO5/c1-18(2,3)25-17(22)20-12-8-6-7-11(9-12)13-10-14(21)16-15(13)23-19(4,5)24-16/h6-9,13-16,21H,10H2,1-5H3,(H,20,22)/t13-,14?,15-,16+/m1/s1. The molecule has 1 saturated heterocycles. The van der Waals surface area contributed by atoms with E-state index >= 15 is 0 Å². The maximum Gasteiger partial charge on any atom is 0.412 e. The Labute approximate surface area is 148 Å². The molecule has 2 N–H and O–H groups in total. The third-order valence-electron chi connectivity index (χ3n) is 4.39. The number of amides is 1. The zero-order valence-corrected chi connectivity index (χ0v) is 15.4. The fourth-order valence-electron chi connectivity index (χ4n) is 3.55. The summed E-state index contributed by atoms with van der Waals surface area (Å²) in [4.78, 5) is 12.0. The molecule has 1 aromatic carbocycles. The average molecular weight is 349 g/mol. The molecule has 1 heterocycles. The predicted octanol–water partition coefficient (Wildman–Crippen LogP) is 3.40. The van der Waals surface area contributed by atoms with Crippen LogP contribution in [0.3, 0.4) is 0 Å². The van der Waals surface area contributed by atoms with Crippen molar-refractivity contribution in [3.63, 3.8) is 0 Å². The Kier molecular flexibility index (Phi) is 4.56. The van der Waals surface area contributed by atoms with Gasteiger partial charge in [0.2, 0.25) is 0 Å². The van der Waals surface area contributed by atoms with Crippen LogP contribution >= 0.6 is 0 Å². The van der Waals surface area contributed by atoms with E-state index in [1.54, 1.807) is 0 Å². The van der Waals surface area contributed by atoms with Crippen LogP contribution in [0.4, 0.5) is 10.5 Å². The van der Waals surface area contributed by atoms with Gasteiger partial charge in [-0.25, -0.2) is 4.79 Å². The summed E-state index contributed by atoms with van der Waals surface area (Å²) in [6.07, 6.45) is -0.986. The highest BCUT2D eigenvalue weighted by Gasteiger charge is 2.53. The van der Waals surface area contributed by atoms with Crippen molar-refractivity contribution in [1.82, 2.24) is 0 Å². The van der Waals surface area contributed by atoms with E-state index in [0.29, 0.717) is 12.1 Å². The van der Waals surface area contributed by atoms with Crippen LogP contribution in [0.2, 0.25) is 0 Å². The van der Waals surface area contributed by atoms with Crippen molar-refractivity contribution >= 4 is 11.8 Å². The topological polar surface area (TPSA) is 77.0 Å². The quantitative estimate of drug-likeness (QED) is 0.856. The number of nitrogens with one attached hydrogen (secondary N) is 1. The molecule has 0 radical (unpaired) electrons. The number of anilines is 1. The predicted molar refractivity (Wildman–Crippen MR) is 93.5 cm³/mol. The Morgan fingerprint density at radius 3 is 2.64 bits per heavy atom. The van der Waals surface area contributed by atoms with Gasteiger partial charge in [-0.05, 0) is 58.7 Å². The normalized spacial score (nSPS) is 30.8. The highest BCUT2D eigenvalue weighted by Crippen LogP contribution is 2.46. The van der Waals surface area contributed by atoms with Crippen LogP contribution in [0.1, 0.15) is 52.5 Å². The molecule has 2 fully saturated rings. The Morgan fingerprint density at radius 1 is 1.28 bits per heavy atom.